The highest BCUT2D eigenvalue weighted by atomic mass is 79.9. The molecule has 0 aliphatic heterocycles. The van der Waals surface area contributed by atoms with Crippen molar-refractivity contribution in [3.05, 3.63) is 28.7 Å². The number of rotatable bonds is 3. The van der Waals surface area contributed by atoms with Crippen LogP contribution in [0.1, 0.15) is 0 Å². The van der Waals surface area contributed by atoms with Gasteiger partial charge in [0.1, 0.15) is 0 Å². The van der Waals surface area contributed by atoms with Crippen LogP contribution in [-0.4, -0.2) is 20.8 Å². The first-order valence-corrected chi connectivity index (χ1v) is 4.64. The number of nitrogens with zero attached hydrogens (tertiary/aromatic N) is 1. The molecule has 0 aliphatic rings. The highest BCUT2D eigenvalue weighted by molar-refractivity contribution is 9.10. The van der Waals surface area contributed by atoms with Crippen molar-refractivity contribution < 1.29 is 0 Å². The van der Waals surface area contributed by atoms with Gasteiger partial charge in [0.25, 0.3) is 0 Å². The standard InChI is InChI=1S/C9H13BrN2/c1-11-7-12(2)9-5-3-4-8(10)6-9/h3-6,11H,7H2,1-2H3. The minimum Gasteiger partial charge on any atom is -0.362 e. The van der Waals surface area contributed by atoms with E-state index in [0.29, 0.717) is 0 Å². The minimum absolute atomic E-state index is 0.858. The van der Waals surface area contributed by atoms with Crippen LogP contribution in [0.4, 0.5) is 5.69 Å². The van der Waals surface area contributed by atoms with Crippen molar-refractivity contribution >= 4 is 21.6 Å². The predicted octanol–water partition coefficient (Wildman–Crippen LogP) is 2.06. The van der Waals surface area contributed by atoms with Crippen molar-refractivity contribution in [3.63, 3.8) is 0 Å². The van der Waals surface area contributed by atoms with Gasteiger partial charge in [0, 0.05) is 17.2 Å². The van der Waals surface area contributed by atoms with Crippen LogP contribution in [0.5, 0.6) is 0 Å². The van der Waals surface area contributed by atoms with Gasteiger partial charge in [-0.2, -0.15) is 0 Å². The molecule has 0 aliphatic carbocycles. The lowest BCUT2D eigenvalue weighted by molar-refractivity contribution is 0.776. The van der Waals surface area contributed by atoms with E-state index in [1.54, 1.807) is 0 Å². The fourth-order valence-electron chi connectivity index (χ4n) is 1.04. The predicted molar refractivity (Wildman–Crippen MR) is 56.5 cm³/mol. The number of anilines is 1. The van der Waals surface area contributed by atoms with Crippen LogP contribution in [0.2, 0.25) is 0 Å². The third kappa shape index (κ3) is 2.50. The molecule has 66 valence electrons. The molecule has 3 heteroatoms. The summed E-state index contributed by atoms with van der Waals surface area (Å²) in [4.78, 5) is 2.14. The molecule has 1 aromatic carbocycles. The van der Waals surface area contributed by atoms with Crippen LogP contribution in [0, 0.1) is 0 Å². The van der Waals surface area contributed by atoms with Gasteiger partial charge in [-0.15, -0.1) is 0 Å². The number of hydrogen-bond acceptors (Lipinski definition) is 2. The third-order valence-corrected chi connectivity index (χ3v) is 2.14. The second kappa shape index (κ2) is 4.48. The van der Waals surface area contributed by atoms with E-state index in [-0.39, 0.29) is 0 Å². The monoisotopic (exact) mass is 228 g/mol. The maximum absolute atomic E-state index is 3.43. The van der Waals surface area contributed by atoms with Crippen molar-refractivity contribution in [3.8, 4) is 0 Å². The highest BCUT2D eigenvalue weighted by Gasteiger charge is 1.97. The van der Waals surface area contributed by atoms with Crippen LogP contribution >= 0.6 is 15.9 Å². The molecule has 2 nitrogen and oxygen atoms in total. The zero-order chi connectivity index (χ0) is 8.97. The molecule has 0 unspecified atom stereocenters. The van der Waals surface area contributed by atoms with Gasteiger partial charge in [-0.05, 0) is 25.2 Å². The lowest BCUT2D eigenvalue weighted by Gasteiger charge is -2.18. The molecule has 12 heavy (non-hydrogen) atoms. The average Bonchev–Trinajstić information content (AvgIpc) is 2.05. The van der Waals surface area contributed by atoms with Gasteiger partial charge in [0.2, 0.25) is 0 Å². The average molecular weight is 229 g/mol. The molecule has 1 rings (SSSR count). The normalized spacial score (nSPS) is 9.92. The largest absolute Gasteiger partial charge is 0.362 e. The Bertz CT molecular complexity index is 250. The van der Waals surface area contributed by atoms with Crippen LogP contribution in [-0.2, 0) is 0 Å². The second-order valence-electron chi connectivity index (χ2n) is 2.69. The van der Waals surface area contributed by atoms with E-state index in [2.05, 4.69) is 45.3 Å². The van der Waals surface area contributed by atoms with Gasteiger partial charge in [-0.3, -0.25) is 0 Å². The van der Waals surface area contributed by atoms with E-state index in [4.69, 9.17) is 0 Å². The Balaban J connectivity index is 2.73. The Morgan fingerprint density at radius 1 is 1.50 bits per heavy atom. The van der Waals surface area contributed by atoms with Crippen molar-refractivity contribution in [2.24, 2.45) is 0 Å². The summed E-state index contributed by atoms with van der Waals surface area (Å²) < 4.78 is 1.11. The Morgan fingerprint density at radius 3 is 2.83 bits per heavy atom. The molecule has 1 N–H and O–H groups in total. The van der Waals surface area contributed by atoms with Gasteiger partial charge in [-0.25, -0.2) is 0 Å². The zero-order valence-electron chi connectivity index (χ0n) is 7.34. The Morgan fingerprint density at radius 2 is 2.25 bits per heavy atom. The molecule has 0 fully saturated rings. The Kier molecular flexibility index (Phi) is 3.56. The first-order chi connectivity index (χ1) is 5.74. The summed E-state index contributed by atoms with van der Waals surface area (Å²) in [6.07, 6.45) is 0. The van der Waals surface area contributed by atoms with Gasteiger partial charge < -0.3 is 10.2 Å². The van der Waals surface area contributed by atoms with Crippen molar-refractivity contribution in [2.75, 3.05) is 25.7 Å². The summed E-state index contributed by atoms with van der Waals surface area (Å²) in [5.74, 6) is 0. The van der Waals surface area contributed by atoms with Crippen LogP contribution < -0.4 is 10.2 Å². The van der Waals surface area contributed by atoms with Gasteiger partial charge in [0.05, 0.1) is 6.67 Å². The summed E-state index contributed by atoms with van der Waals surface area (Å²) in [5.41, 5.74) is 1.21. The molecule has 0 saturated carbocycles. The molecule has 0 atom stereocenters. The van der Waals surface area contributed by atoms with E-state index in [0.717, 1.165) is 11.1 Å². The summed E-state index contributed by atoms with van der Waals surface area (Å²) in [7, 11) is 3.99. The first kappa shape index (κ1) is 9.55. The van der Waals surface area contributed by atoms with Crippen molar-refractivity contribution in [2.45, 2.75) is 0 Å². The minimum atomic E-state index is 0.858. The number of nitrogens with one attached hydrogen (secondary N) is 1. The summed E-state index contributed by atoms with van der Waals surface area (Å²) in [6, 6.07) is 8.24. The fraction of sp³-hybridized carbons (Fsp3) is 0.333. The van der Waals surface area contributed by atoms with E-state index < -0.39 is 0 Å². The van der Waals surface area contributed by atoms with E-state index >= 15 is 0 Å². The van der Waals surface area contributed by atoms with Gasteiger partial charge in [0.15, 0.2) is 0 Å². The molecule has 0 amide bonds. The molecule has 0 radical (unpaired) electrons. The molecule has 0 bridgehead atoms. The molecule has 0 aromatic heterocycles. The summed E-state index contributed by atoms with van der Waals surface area (Å²) >= 11 is 3.43. The maximum Gasteiger partial charge on any atom is 0.0676 e. The van der Waals surface area contributed by atoms with E-state index in [1.165, 1.54) is 5.69 Å². The molecular formula is C9H13BrN2. The molecular weight excluding hydrogens is 216 g/mol. The summed E-state index contributed by atoms with van der Waals surface area (Å²) in [6.45, 7) is 0.858. The van der Waals surface area contributed by atoms with Crippen molar-refractivity contribution in [1.82, 2.24) is 5.32 Å². The second-order valence-corrected chi connectivity index (χ2v) is 3.61. The van der Waals surface area contributed by atoms with E-state index in [9.17, 15) is 0 Å². The Labute approximate surface area is 81.7 Å². The summed E-state index contributed by atoms with van der Waals surface area (Å²) in [5, 5.41) is 3.10. The SMILES string of the molecule is CNCN(C)c1cccc(Br)c1. The van der Waals surface area contributed by atoms with Crippen LogP contribution in [0.25, 0.3) is 0 Å². The quantitative estimate of drug-likeness (QED) is 0.798. The van der Waals surface area contributed by atoms with Gasteiger partial charge >= 0.3 is 0 Å². The maximum atomic E-state index is 3.43. The smallest absolute Gasteiger partial charge is 0.0676 e. The first-order valence-electron chi connectivity index (χ1n) is 3.85. The number of benzene rings is 1. The molecule has 0 saturated heterocycles. The lowest BCUT2D eigenvalue weighted by Crippen LogP contribution is -2.28. The molecule has 1 aromatic rings. The van der Waals surface area contributed by atoms with E-state index in [1.807, 2.05) is 19.2 Å². The molecule has 0 spiro atoms. The number of hydrogen-bond donors (Lipinski definition) is 1. The lowest BCUT2D eigenvalue weighted by atomic mass is 10.3. The topological polar surface area (TPSA) is 15.3 Å². The fourth-order valence-corrected chi connectivity index (χ4v) is 1.43. The molecule has 0 heterocycles. The number of halogens is 1. The Hall–Kier alpha value is -0.540. The van der Waals surface area contributed by atoms with Crippen LogP contribution in [0.3, 0.4) is 0 Å². The zero-order valence-corrected chi connectivity index (χ0v) is 8.93. The highest BCUT2D eigenvalue weighted by Crippen LogP contribution is 2.17. The third-order valence-electron chi connectivity index (χ3n) is 1.64. The van der Waals surface area contributed by atoms with Crippen molar-refractivity contribution in [1.29, 1.82) is 0 Å². The van der Waals surface area contributed by atoms with Crippen LogP contribution in [0.15, 0.2) is 28.7 Å². The van der Waals surface area contributed by atoms with Gasteiger partial charge in [-0.1, -0.05) is 22.0 Å².